The van der Waals surface area contributed by atoms with Gasteiger partial charge in [-0.2, -0.15) is 0 Å². The fourth-order valence-corrected chi connectivity index (χ4v) is 2.84. The molecule has 2 aromatic carbocycles. The highest BCUT2D eigenvalue weighted by atomic mass is 79.9. The smallest absolute Gasteiger partial charge is 0.375 e. The summed E-state index contributed by atoms with van der Waals surface area (Å²) in [7, 11) is 0. The molecule has 0 saturated heterocycles. The summed E-state index contributed by atoms with van der Waals surface area (Å²) in [6.45, 7) is 1.17. The summed E-state index contributed by atoms with van der Waals surface area (Å²) >= 11 is 3.36. The third kappa shape index (κ3) is 4.14. The van der Waals surface area contributed by atoms with Crippen molar-refractivity contribution < 1.29 is 23.7 Å². The van der Waals surface area contributed by atoms with E-state index in [0.29, 0.717) is 11.1 Å². The summed E-state index contributed by atoms with van der Waals surface area (Å²) in [6.07, 6.45) is 0. The molecule has 1 N–H and O–H groups in total. The number of aryl methyl sites for hydroxylation is 1. The summed E-state index contributed by atoms with van der Waals surface area (Å²) < 4.78 is 11.3. The Morgan fingerprint density at radius 1 is 1.26 bits per heavy atom. The molecule has 0 radical (unpaired) electrons. The minimum absolute atomic E-state index is 0.0197. The van der Waals surface area contributed by atoms with E-state index in [-0.39, 0.29) is 17.1 Å². The number of amides is 1. The Morgan fingerprint density at radius 2 is 2.04 bits per heavy atom. The first-order chi connectivity index (χ1) is 12.8. The SMILES string of the molecule is Cc1c(C(=O)OCC(=O)Nc2cccc([N+](=O)[O-])c2)oc2ccc(Br)cc12. The number of ether oxygens (including phenoxy) is 1. The number of furan rings is 1. The van der Waals surface area contributed by atoms with E-state index in [1.807, 2.05) is 6.07 Å². The number of carbonyl (C=O) groups excluding carboxylic acids is 2. The largest absolute Gasteiger partial charge is 0.450 e. The summed E-state index contributed by atoms with van der Waals surface area (Å²) in [5.74, 6) is -1.37. The van der Waals surface area contributed by atoms with Gasteiger partial charge in [-0.05, 0) is 31.2 Å². The number of benzene rings is 2. The number of fused-ring (bicyclic) bond motifs is 1. The lowest BCUT2D eigenvalue weighted by Gasteiger charge is -2.06. The number of esters is 1. The van der Waals surface area contributed by atoms with Crippen molar-refractivity contribution in [2.24, 2.45) is 0 Å². The molecule has 0 aliphatic carbocycles. The highest BCUT2D eigenvalue weighted by Gasteiger charge is 2.20. The van der Waals surface area contributed by atoms with Crippen LogP contribution >= 0.6 is 15.9 Å². The second kappa shape index (κ2) is 7.58. The Balaban J connectivity index is 1.65. The number of halogens is 1. The predicted molar refractivity (Wildman–Crippen MR) is 101 cm³/mol. The molecule has 8 nitrogen and oxygen atoms in total. The van der Waals surface area contributed by atoms with Crippen LogP contribution in [0.15, 0.2) is 51.4 Å². The van der Waals surface area contributed by atoms with Crippen molar-refractivity contribution in [1.29, 1.82) is 0 Å². The molecule has 0 aliphatic rings. The van der Waals surface area contributed by atoms with E-state index in [0.717, 1.165) is 9.86 Å². The van der Waals surface area contributed by atoms with Crippen molar-refractivity contribution >= 4 is 50.2 Å². The average molecular weight is 433 g/mol. The fourth-order valence-electron chi connectivity index (χ4n) is 2.48. The molecule has 1 amide bonds. The maximum atomic E-state index is 12.2. The number of nitrogens with zero attached hydrogens (tertiary/aromatic N) is 1. The molecular weight excluding hydrogens is 420 g/mol. The lowest BCUT2D eigenvalue weighted by molar-refractivity contribution is -0.384. The Kier molecular flexibility index (Phi) is 5.22. The van der Waals surface area contributed by atoms with Crippen molar-refractivity contribution in [1.82, 2.24) is 0 Å². The van der Waals surface area contributed by atoms with Crippen LogP contribution < -0.4 is 5.32 Å². The monoisotopic (exact) mass is 432 g/mol. The van der Waals surface area contributed by atoms with Crippen molar-refractivity contribution in [3.8, 4) is 0 Å². The number of anilines is 1. The second-order valence-electron chi connectivity index (χ2n) is 5.63. The van der Waals surface area contributed by atoms with Crippen LogP contribution in [-0.2, 0) is 9.53 Å². The first-order valence-corrected chi connectivity index (χ1v) is 8.54. The standard InChI is InChI=1S/C18H13BrN2O6/c1-10-14-7-11(19)5-6-15(14)27-17(10)18(23)26-9-16(22)20-12-3-2-4-13(8-12)21(24)25/h2-8H,9H2,1H3,(H,20,22). The van der Waals surface area contributed by atoms with Gasteiger partial charge in [0.1, 0.15) is 5.58 Å². The zero-order valence-corrected chi connectivity index (χ0v) is 15.6. The normalized spacial score (nSPS) is 10.6. The molecule has 3 rings (SSSR count). The summed E-state index contributed by atoms with van der Waals surface area (Å²) in [5, 5.41) is 13.9. The van der Waals surface area contributed by atoms with Crippen LogP contribution in [0.5, 0.6) is 0 Å². The first kappa shape index (κ1) is 18.6. The van der Waals surface area contributed by atoms with E-state index in [2.05, 4.69) is 21.2 Å². The lowest BCUT2D eigenvalue weighted by Crippen LogP contribution is -2.21. The van der Waals surface area contributed by atoms with Crippen LogP contribution in [0, 0.1) is 17.0 Å². The molecule has 0 fully saturated rings. The zero-order valence-electron chi connectivity index (χ0n) is 14.0. The van der Waals surface area contributed by atoms with Gasteiger partial charge in [0.05, 0.1) is 4.92 Å². The molecule has 27 heavy (non-hydrogen) atoms. The average Bonchev–Trinajstić information content (AvgIpc) is 2.96. The number of nitro benzene ring substituents is 1. The number of hydrogen-bond acceptors (Lipinski definition) is 6. The third-order valence-electron chi connectivity index (χ3n) is 3.76. The number of hydrogen-bond donors (Lipinski definition) is 1. The second-order valence-corrected chi connectivity index (χ2v) is 6.54. The zero-order chi connectivity index (χ0) is 19.6. The molecule has 0 unspecified atom stereocenters. The molecule has 3 aromatic rings. The van der Waals surface area contributed by atoms with Crippen molar-refractivity contribution in [3.05, 3.63) is 68.4 Å². The molecular formula is C18H13BrN2O6. The van der Waals surface area contributed by atoms with Crippen LogP contribution in [-0.4, -0.2) is 23.4 Å². The van der Waals surface area contributed by atoms with Crippen LogP contribution in [0.4, 0.5) is 11.4 Å². The highest BCUT2D eigenvalue weighted by Crippen LogP contribution is 2.28. The van der Waals surface area contributed by atoms with Gasteiger partial charge in [-0.15, -0.1) is 0 Å². The molecule has 1 heterocycles. The lowest BCUT2D eigenvalue weighted by atomic mass is 10.1. The van der Waals surface area contributed by atoms with Crippen LogP contribution in [0.1, 0.15) is 16.1 Å². The molecule has 0 bridgehead atoms. The van der Waals surface area contributed by atoms with Gasteiger partial charge in [0.25, 0.3) is 11.6 Å². The maximum absolute atomic E-state index is 12.2. The van der Waals surface area contributed by atoms with E-state index >= 15 is 0 Å². The molecule has 0 spiro atoms. The van der Waals surface area contributed by atoms with E-state index < -0.39 is 23.4 Å². The van der Waals surface area contributed by atoms with E-state index in [4.69, 9.17) is 9.15 Å². The molecule has 0 aliphatic heterocycles. The van der Waals surface area contributed by atoms with E-state index in [1.165, 1.54) is 24.3 Å². The Labute approximate surface area is 161 Å². The van der Waals surface area contributed by atoms with Gasteiger partial charge < -0.3 is 14.5 Å². The fraction of sp³-hybridized carbons (Fsp3) is 0.111. The summed E-state index contributed by atoms with van der Waals surface area (Å²) in [6, 6.07) is 10.8. The maximum Gasteiger partial charge on any atom is 0.375 e. The number of rotatable bonds is 5. The quantitative estimate of drug-likeness (QED) is 0.367. The van der Waals surface area contributed by atoms with Gasteiger partial charge in [-0.25, -0.2) is 4.79 Å². The molecule has 0 atom stereocenters. The number of carbonyl (C=O) groups is 2. The predicted octanol–water partition coefficient (Wildman–Crippen LogP) is 4.21. The van der Waals surface area contributed by atoms with E-state index in [1.54, 1.807) is 19.1 Å². The minimum atomic E-state index is -0.769. The van der Waals surface area contributed by atoms with Gasteiger partial charge in [0.15, 0.2) is 6.61 Å². The Bertz CT molecular complexity index is 1060. The molecule has 0 saturated carbocycles. The topological polar surface area (TPSA) is 112 Å². The van der Waals surface area contributed by atoms with Crippen LogP contribution in [0.25, 0.3) is 11.0 Å². The Hall–Kier alpha value is -3.20. The summed E-state index contributed by atoms with van der Waals surface area (Å²) in [4.78, 5) is 34.3. The number of nitrogens with one attached hydrogen (secondary N) is 1. The molecule has 138 valence electrons. The van der Waals surface area contributed by atoms with Gasteiger partial charge in [0.2, 0.25) is 5.76 Å². The Morgan fingerprint density at radius 3 is 2.78 bits per heavy atom. The van der Waals surface area contributed by atoms with Gasteiger partial charge in [0, 0.05) is 33.2 Å². The highest BCUT2D eigenvalue weighted by molar-refractivity contribution is 9.10. The molecule has 9 heteroatoms. The van der Waals surface area contributed by atoms with Crippen molar-refractivity contribution in [2.45, 2.75) is 6.92 Å². The molecule has 1 aromatic heterocycles. The van der Waals surface area contributed by atoms with Gasteiger partial charge >= 0.3 is 5.97 Å². The first-order valence-electron chi connectivity index (χ1n) is 7.75. The van der Waals surface area contributed by atoms with Crippen LogP contribution in [0.3, 0.4) is 0 Å². The van der Waals surface area contributed by atoms with Crippen molar-refractivity contribution in [2.75, 3.05) is 11.9 Å². The minimum Gasteiger partial charge on any atom is -0.450 e. The van der Waals surface area contributed by atoms with Gasteiger partial charge in [-0.1, -0.05) is 22.0 Å². The summed E-state index contributed by atoms with van der Waals surface area (Å²) in [5.41, 5.74) is 1.21. The van der Waals surface area contributed by atoms with E-state index in [9.17, 15) is 19.7 Å². The number of non-ortho nitro benzene ring substituents is 1. The third-order valence-corrected chi connectivity index (χ3v) is 4.25. The van der Waals surface area contributed by atoms with Crippen LogP contribution in [0.2, 0.25) is 0 Å². The van der Waals surface area contributed by atoms with Gasteiger partial charge in [-0.3, -0.25) is 14.9 Å². The number of nitro groups is 1. The van der Waals surface area contributed by atoms with Crippen molar-refractivity contribution in [3.63, 3.8) is 0 Å².